The molecule has 0 aliphatic heterocycles. The molecule has 1 unspecified atom stereocenters. The van der Waals surface area contributed by atoms with E-state index in [-0.39, 0.29) is 17.5 Å². The highest BCUT2D eigenvalue weighted by molar-refractivity contribution is 5.77. The molecule has 2 aromatic heterocycles. The quantitative estimate of drug-likeness (QED) is 0.316. The minimum atomic E-state index is -4.76. The molecule has 35 heavy (non-hydrogen) atoms. The molecule has 0 fully saturated rings. The number of halogens is 3. The Bertz CT molecular complexity index is 1130. The van der Waals surface area contributed by atoms with E-state index in [0.29, 0.717) is 35.7 Å². The summed E-state index contributed by atoms with van der Waals surface area (Å²) in [5.74, 6) is -0.0816. The van der Waals surface area contributed by atoms with Crippen molar-refractivity contribution in [3.63, 3.8) is 0 Å². The van der Waals surface area contributed by atoms with E-state index >= 15 is 0 Å². The molecule has 0 amide bonds. The van der Waals surface area contributed by atoms with E-state index in [1.54, 1.807) is 6.07 Å². The molecule has 0 radical (unpaired) electrons. The lowest BCUT2D eigenvalue weighted by atomic mass is 10.0. The Morgan fingerprint density at radius 1 is 1.20 bits per heavy atom. The van der Waals surface area contributed by atoms with Gasteiger partial charge >= 0.3 is 12.3 Å². The average Bonchev–Trinajstić information content (AvgIpc) is 3.26. The number of nitrogens with one attached hydrogen (secondary N) is 2. The molecule has 0 saturated carbocycles. The number of aryl methyl sites for hydroxylation is 1. The molecule has 0 saturated heterocycles. The van der Waals surface area contributed by atoms with Crippen LogP contribution in [0.3, 0.4) is 0 Å². The number of unbranched alkanes of at least 4 members (excludes halogenated alkanes) is 1. The standard InChI is InChI=1S/C24H28F3N5O3/c1-4-5-6-16-12-20(30-18(23(33)34)11-14(2)3)32-22(29-16)21-28-13-19(31-21)15-7-9-17(10-8-15)35-24(25,26)27/h7-10,12-14,18H,4-6,11H2,1-3H3,(H,28,31)(H,33,34)(H,29,30,32). The van der Waals surface area contributed by atoms with Gasteiger partial charge in [0.1, 0.15) is 17.6 Å². The number of hydrogen-bond donors (Lipinski definition) is 3. The molecule has 0 spiro atoms. The van der Waals surface area contributed by atoms with Crippen molar-refractivity contribution >= 4 is 11.8 Å². The SMILES string of the molecule is CCCCc1cc(NC(CC(C)C)C(=O)O)nc(-c2ncc(-c3ccc(OC(F)(F)F)cc3)[nH]2)n1. The van der Waals surface area contributed by atoms with Crippen LogP contribution in [-0.4, -0.2) is 43.4 Å². The molecular formula is C24H28F3N5O3. The second-order valence-corrected chi connectivity index (χ2v) is 8.55. The number of nitrogens with zero attached hydrogens (tertiary/aromatic N) is 3. The summed E-state index contributed by atoms with van der Waals surface area (Å²) in [6.45, 7) is 5.96. The fraction of sp³-hybridized carbons (Fsp3) is 0.417. The highest BCUT2D eigenvalue weighted by atomic mass is 19.4. The Hall–Kier alpha value is -3.63. The molecule has 3 N–H and O–H groups in total. The number of hydrogen-bond acceptors (Lipinski definition) is 6. The number of carboxylic acids is 1. The topological polar surface area (TPSA) is 113 Å². The summed E-state index contributed by atoms with van der Waals surface area (Å²) >= 11 is 0. The van der Waals surface area contributed by atoms with Crippen molar-refractivity contribution in [3.05, 3.63) is 42.2 Å². The molecule has 1 aromatic carbocycles. The fourth-order valence-corrected chi connectivity index (χ4v) is 3.45. The largest absolute Gasteiger partial charge is 0.573 e. The number of alkyl halides is 3. The molecule has 0 aliphatic carbocycles. The van der Waals surface area contributed by atoms with E-state index in [2.05, 4.69) is 36.9 Å². The zero-order valence-corrected chi connectivity index (χ0v) is 19.7. The van der Waals surface area contributed by atoms with Gasteiger partial charge in [0.25, 0.3) is 0 Å². The Labute approximate surface area is 201 Å². The van der Waals surface area contributed by atoms with Gasteiger partial charge in [-0.15, -0.1) is 13.2 Å². The maximum atomic E-state index is 12.4. The van der Waals surface area contributed by atoms with Crippen molar-refractivity contribution in [2.45, 2.75) is 58.9 Å². The summed E-state index contributed by atoms with van der Waals surface area (Å²) in [5, 5.41) is 12.6. The maximum absolute atomic E-state index is 12.4. The van der Waals surface area contributed by atoms with Crippen molar-refractivity contribution < 1.29 is 27.8 Å². The maximum Gasteiger partial charge on any atom is 0.573 e. The monoisotopic (exact) mass is 491 g/mol. The van der Waals surface area contributed by atoms with Gasteiger partial charge in [-0.05, 0) is 55.0 Å². The molecule has 0 aliphatic rings. The predicted octanol–water partition coefficient (Wildman–Crippen LogP) is 5.69. The number of carboxylic acid groups (broad SMARTS) is 1. The average molecular weight is 492 g/mol. The zero-order valence-electron chi connectivity index (χ0n) is 19.7. The number of aromatic nitrogens is 4. The number of imidazole rings is 1. The van der Waals surface area contributed by atoms with Gasteiger partial charge in [-0.25, -0.2) is 19.7 Å². The zero-order chi connectivity index (χ0) is 25.6. The Balaban J connectivity index is 1.88. The summed E-state index contributed by atoms with van der Waals surface area (Å²) in [6, 6.07) is 6.34. The summed E-state index contributed by atoms with van der Waals surface area (Å²) in [7, 11) is 0. The summed E-state index contributed by atoms with van der Waals surface area (Å²) in [5.41, 5.74) is 1.90. The smallest absolute Gasteiger partial charge is 0.480 e. The molecule has 3 aromatic rings. The van der Waals surface area contributed by atoms with Crippen LogP contribution in [0.25, 0.3) is 22.9 Å². The van der Waals surface area contributed by atoms with Gasteiger partial charge in [-0.1, -0.05) is 27.2 Å². The van der Waals surface area contributed by atoms with Gasteiger partial charge in [-0.2, -0.15) is 0 Å². The van der Waals surface area contributed by atoms with Crippen LogP contribution in [0.15, 0.2) is 36.5 Å². The first-order valence-corrected chi connectivity index (χ1v) is 11.3. The van der Waals surface area contributed by atoms with Gasteiger partial charge in [0, 0.05) is 11.8 Å². The second kappa shape index (κ2) is 11.2. The summed E-state index contributed by atoms with van der Waals surface area (Å²) < 4.78 is 41.1. The molecule has 3 rings (SSSR count). The van der Waals surface area contributed by atoms with E-state index in [4.69, 9.17) is 0 Å². The van der Waals surface area contributed by atoms with Gasteiger partial charge in [0.2, 0.25) is 0 Å². The van der Waals surface area contributed by atoms with Crippen LogP contribution in [-0.2, 0) is 11.2 Å². The molecular weight excluding hydrogens is 463 g/mol. The van der Waals surface area contributed by atoms with Crippen molar-refractivity contribution in [2.24, 2.45) is 5.92 Å². The van der Waals surface area contributed by atoms with Gasteiger partial charge in [0.15, 0.2) is 11.6 Å². The normalized spacial score (nSPS) is 12.5. The number of H-pyrrole nitrogens is 1. The van der Waals surface area contributed by atoms with E-state index in [9.17, 15) is 23.1 Å². The van der Waals surface area contributed by atoms with Crippen LogP contribution in [0, 0.1) is 5.92 Å². The summed E-state index contributed by atoms with van der Waals surface area (Å²) in [6.07, 6.45) is -0.243. The van der Waals surface area contributed by atoms with Gasteiger partial charge < -0.3 is 20.1 Å². The highest BCUT2D eigenvalue weighted by Crippen LogP contribution is 2.27. The Morgan fingerprint density at radius 2 is 1.91 bits per heavy atom. The number of aromatic amines is 1. The third kappa shape index (κ3) is 7.69. The number of aliphatic carboxylic acids is 1. The minimum absolute atomic E-state index is 0.171. The van der Waals surface area contributed by atoms with E-state index < -0.39 is 18.4 Å². The molecule has 188 valence electrons. The first-order valence-electron chi connectivity index (χ1n) is 11.3. The molecule has 0 bridgehead atoms. The Kier molecular flexibility index (Phi) is 8.31. The highest BCUT2D eigenvalue weighted by Gasteiger charge is 2.31. The van der Waals surface area contributed by atoms with Crippen LogP contribution in [0.1, 0.15) is 45.7 Å². The van der Waals surface area contributed by atoms with Crippen molar-refractivity contribution in [1.29, 1.82) is 0 Å². The first-order chi connectivity index (χ1) is 16.5. The van der Waals surface area contributed by atoms with Gasteiger partial charge in [0.05, 0.1) is 11.9 Å². The minimum Gasteiger partial charge on any atom is -0.480 e. The molecule has 8 nitrogen and oxygen atoms in total. The van der Waals surface area contributed by atoms with Crippen LogP contribution in [0.4, 0.5) is 19.0 Å². The summed E-state index contributed by atoms with van der Waals surface area (Å²) in [4.78, 5) is 28.2. The van der Waals surface area contributed by atoms with E-state index in [1.807, 2.05) is 13.8 Å². The van der Waals surface area contributed by atoms with Crippen LogP contribution in [0.5, 0.6) is 5.75 Å². The lowest BCUT2D eigenvalue weighted by Crippen LogP contribution is -2.31. The first kappa shape index (κ1) is 26.0. The van der Waals surface area contributed by atoms with Crippen LogP contribution >= 0.6 is 0 Å². The lowest BCUT2D eigenvalue weighted by molar-refractivity contribution is -0.274. The number of carbonyl (C=O) groups is 1. The van der Waals surface area contributed by atoms with Crippen molar-refractivity contribution in [3.8, 4) is 28.7 Å². The fourth-order valence-electron chi connectivity index (χ4n) is 3.45. The third-order valence-corrected chi connectivity index (χ3v) is 5.08. The molecule has 2 heterocycles. The number of benzene rings is 1. The van der Waals surface area contributed by atoms with Crippen LogP contribution < -0.4 is 10.1 Å². The van der Waals surface area contributed by atoms with E-state index in [0.717, 1.165) is 18.5 Å². The van der Waals surface area contributed by atoms with Crippen LogP contribution in [0.2, 0.25) is 0 Å². The number of rotatable bonds is 11. The van der Waals surface area contributed by atoms with Crippen molar-refractivity contribution in [1.82, 2.24) is 19.9 Å². The third-order valence-electron chi connectivity index (χ3n) is 5.08. The molecule has 1 atom stereocenters. The number of ether oxygens (including phenoxy) is 1. The van der Waals surface area contributed by atoms with E-state index in [1.165, 1.54) is 30.5 Å². The van der Waals surface area contributed by atoms with Crippen molar-refractivity contribution in [2.75, 3.05) is 5.32 Å². The molecule has 11 heteroatoms. The van der Waals surface area contributed by atoms with Gasteiger partial charge in [-0.3, -0.25) is 0 Å². The second-order valence-electron chi connectivity index (χ2n) is 8.55. The Morgan fingerprint density at radius 3 is 2.51 bits per heavy atom. The lowest BCUT2D eigenvalue weighted by Gasteiger charge is -2.17. The number of anilines is 1. The predicted molar refractivity (Wildman–Crippen MR) is 125 cm³/mol.